The second-order valence-corrected chi connectivity index (χ2v) is 15.6. The van der Waals surface area contributed by atoms with Crippen LogP contribution in [-0.4, -0.2) is 75.9 Å². The van der Waals surface area contributed by atoms with Gasteiger partial charge in [0.25, 0.3) is 0 Å². The molecule has 1 fully saturated rings. The number of carbonyl (C=O) groups excluding carboxylic acids is 1. The Labute approximate surface area is 245 Å². The molecule has 2 aromatic rings. The van der Waals surface area contributed by atoms with Crippen LogP contribution in [0.15, 0.2) is 67.3 Å². The zero-order valence-electron chi connectivity index (χ0n) is 21.6. The van der Waals surface area contributed by atoms with Crippen molar-refractivity contribution in [1.82, 2.24) is 0 Å². The highest BCUT2D eigenvalue weighted by molar-refractivity contribution is 9.10. The minimum absolute atomic E-state index is 0.00793. The van der Waals surface area contributed by atoms with E-state index in [2.05, 4.69) is 31.9 Å². The summed E-state index contributed by atoms with van der Waals surface area (Å²) in [5.74, 6) is -1.91. The summed E-state index contributed by atoms with van der Waals surface area (Å²) in [6, 6.07) is 11.7. The Morgan fingerprint density at radius 2 is 1.41 bits per heavy atom. The maximum absolute atomic E-state index is 13.3. The van der Waals surface area contributed by atoms with Crippen LogP contribution in [0.1, 0.15) is 27.7 Å². The number of hydrogen-bond acceptors (Lipinski definition) is 10. The monoisotopic (exact) mass is 712 g/mol. The minimum atomic E-state index is -4.08. The van der Waals surface area contributed by atoms with E-state index in [-0.39, 0.29) is 16.4 Å². The zero-order chi connectivity index (χ0) is 29.2. The third-order valence-electron chi connectivity index (χ3n) is 6.00. The van der Waals surface area contributed by atoms with Gasteiger partial charge in [-0.1, -0.05) is 31.9 Å². The van der Waals surface area contributed by atoms with Gasteiger partial charge in [-0.05, 0) is 76.2 Å². The summed E-state index contributed by atoms with van der Waals surface area (Å²) in [4.78, 5) is 13.2. The zero-order valence-corrected chi connectivity index (χ0v) is 26.4. The first kappa shape index (κ1) is 32.3. The number of carbonyl (C=O) groups is 1. The number of hydrogen-bond donors (Lipinski definition) is 1. The molecule has 2 unspecified atom stereocenters. The van der Waals surface area contributed by atoms with Gasteiger partial charge in [-0.2, -0.15) is 0 Å². The Morgan fingerprint density at radius 1 is 0.949 bits per heavy atom. The predicted octanol–water partition coefficient (Wildman–Crippen LogP) is 3.63. The van der Waals surface area contributed by atoms with Gasteiger partial charge in [0.15, 0.2) is 22.4 Å². The molecule has 0 bridgehead atoms. The van der Waals surface area contributed by atoms with Crippen LogP contribution in [0.5, 0.6) is 0 Å². The van der Waals surface area contributed by atoms with Crippen molar-refractivity contribution in [3.63, 3.8) is 0 Å². The number of aliphatic hydroxyl groups excluding tert-OH is 1. The molecular weight excluding hydrogens is 684 g/mol. The van der Waals surface area contributed by atoms with Gasteiger partial charge in [0, 0.05) is 8.95 Å². The van der Waals surface area contributed by atoms with Gasteiger partial charge >= 0.3 is 0 Å². The number of rotatable bonds is 12. The molecule has 39 heavy (non-hydrogen) atoms. The van der Waals surface area contributed by atoms with Crippen LogP contribution in [-0.2, 0) is 43.4 Å². The number of halogens is 2. The number of benzene rings is 2. The topological polar surface area (TPSA) is 142 Å². The predicted molar refractivity (Wildman–Crippen MR) is 148 cm³/mol. The van der Waals surface area contributed by atoms with Gasteiger partial charge in [-0.3, -0.25) is 4.79 Å². The third kappa shape index (κ3) is 7.95. The number of Topliss-reactive ketones (excluding diaryl/α,β-unsaturated/α-hetero) is 1. The highest BCUT2D eigenvalue weighted by atomic mass is 79.9. The molecule has 1 N–H and O–H groups in total. The van der Waals surface area contributed by atoms with E-state index in [0.29, 0.717) is 8.95 Å². The molecule has 2 aromatic carbocycles. The standard InChI is InChI=1S/C25H30Br2O10S2/c1-15(38(30,31)19-9-5-17(26)6-10-19)34-13-21(28)24(23(29)22-14-35-25(3,4)37-22)36-16(2)39(32,33)20-11-7-18(27)8-12-20/h5-12,15-16,22-24,29H,13-14H2,1-4H3/t15?,16?,22-,23-,24-/m0/s1. The average Bonchev–Trinajstić information content (AvgIpc) is 3.25. The molecular formula is C25H30Br2O10S2. The second-order valence-electron chi connectivity index (χ2n) is 9.32. The molecule has 14 heteroatoms. The summed E-state index contributed by atoms with van der Waals surface area (Å²) < 4.78 is 75.5. The molecule has 216 valence electrons. The fraction of sp³-hybridized carbons (Fsp3) is 0.480. The number of sulfone groups is 2. The lowest BCUT2D eigenvalue weighted by Gasteiger charge is -2.29. The van der Waals surface area contributed by atoms with Crippen LogP contribution in [0.4, 0.5) is 0 Å². The highest BCUT2D eigenvalue weighted by Gasteiger charge is 2.44. The Morgan fingerprint density at radius 3 is 1.85 bits per heavy atom. The lowest BCUT2D eigenvalue weighted by Crippen LogP contribution is -2.49. The Balaban J connectivity index is 1.80. The van der Waals surface area contributed by atoms with E-state index in [1.54, 1.807) is 38.1 Å². The minimum Gasteiger partial charge on any atom is -0.387 e. The van der Waals surface area contributed by atoms with Crippen LogP contribution in [0, 0.1) is 0 Å². The smallest absolute Gasteiger partial charge is 0.204 e. The summed E-state index contributed by atoms with van der Waals surface area (Å²) in [5, 5.41) is 11.0. The molecule has 0 saturated carbocycles. The van der Waals surface area contributed by atoms with Crippen LogP contribution in [0.3, 0.4) is 0 Å². The van der Waals surface area contributed by atoms with Gasteiger partial charge in [-0.25, -0.2) is 16.8 Å². The summed E-state index contributed by atoms with van der Waals surface area (Å²) in [6.45, 7) is 4.90. The normalized spacial score (nSPS) is 20.7. The summed E-state index contributed by atoms with van der Waals surface area (Å²) in [5.41, 5.74) is -2.98. The quantitative estimate of drug-likeness (QED) is 0.347. The van der Waals surface area contributed by atoms with Crippen molar-refractivity contribution in [2.45, 2.75) is 72.5 Å². The second kappa shape index (κ2) is 12.7. The van der Waals surface area contributed by atoms with Gasteiger partial charge in [-0.15, -0.1) is 0 Å². The maximum Gasteiger partial charge on any atom is 0.204 e. The van der Waals surface area contributed by atoms with Crippen LogP contribution < -0.4 is 0 Å². The number of ether oxygens (including phenoxy) is 4. The van der Waals surface area contributed by atoms with E-state index in [1.807, 2.05) is 0 Å². The molecule has 1 heterocycles. The van der Waals surface area contributed by atoms with Crippen molar-refractivity contribution in [3.8, 4) is 0 Å². The Bertz CT molecular complexity index is 1360. The van der Waals surface area contributed by atoms with Gasteiger partial charge in [0.2, 0.25) is 19.7 Å². The first-order chi connectivity index (χ1) is 18.0. The molecule has 1 saturated heterocycles. The lowest BCUT2D eigenvalue weighted by atomic mass is 10.0. The van der Waals surface area contributed by atoms with Crippen molar-refractivity contribution < 1.29 is 45.7 Å². The third-order valence-corrected chi connectivity index (χ3v) is 10.9. The average molecular weight is 714 g/mol. The van der Waals surface area contributed by atoms with Crippen molar-refractivity contribution in [2.24, 2.45) is 0 Å². The number of ketones is 1. The lowest BCUT2D eigenvalue weighted by molar-refractivity contribution is -0.173. The van der Waals surface area contributed by atoms with Gasteiger partial charge in [0.1, 0.15) is 24.9 Å². The van der Waals surface area contributed by atoms with Crippen LogP contribution in [0.2, 0.25) is 0 Å². The molecule has 1 aliphatic heterocycles. The van der Waals surface area contributed by atoms with Crippen molar-refractivity contribution in [1.29, 1.82) is 0 Å². The Kier molecular flexibility index (Phi) is 10.5. The molecule has 0 aliphatic carbocycles. The number of aliphatic hydroxyl groups is 1. The SMILES string of the molecule is CC(OCC(=O)[C@H](OC(C)S(=O)(=O)c1ccc(Br)cc1)[C@@H](O)[C@@H]1COC(C)(C)O1)S(=O)(=O)c1ccc(Br)cc1. The van der Waals surface area contributed by atoms with E-state index in [9.17, 15) is 26.7 Å². The summed E-state index contributed by atoms with van der Waals surface area (Å²) >= 11 is 6.49. The summed E-state index contributed by atoms with van der Waals surface area (Å²) in [6.07, 6.45) is -4.38. The van der Waals surface area contributed by atoms with Crippen LogP contribution >= 0.6 is 31.9 Å². The van der Waals surface area contributed by atoms with E-state index in [4.69, 9.17) is 18.9 Å². The fourth-order valence-corrected chi connectivity index (χ4v) is 6.55. The summed E-state index contributed by atoms with van der Waals surface area (Å²) in [7, 11) is -8.03. The first-order valence-electron chi connectivity index (χ1n) is 11.8. The van der Waals surface area contributed by atoms with E-state index >= 15 is 0 Å². The van der Waals surface area contributed by atoms with Crippen molar-refractivity contribution in [3.05, 3.63) is 57.5 Å². The van der Waals surface area contributed by atoms with Crippen molar-refractivity contribution >= 4 is 57.3 Å². The highest BCUT2D eigenvalue weighted by Crippen LogP contribution is 2.28. The molecule has 5 atom stereocenters. The molecule has 0 amide bonds. The van der Waals surface area contributed by atoms with E-state index in [1.165, 1.54) is 38.1 Å². The molecule has 10 nitrogen and oxygen atoms in total. The van der Waals surface area contributed by atoms with Crippen LogP contribution in [0.25, 0.3) is 0 Å². The fourth-order valence-electron chi connectivity index (χ4n) is 3.71. The molecule has 1 aliphatic rings. The largest absolute Gasteiger partial charge is 0.387 e. The van der Waals surface area contributed by atoms with Gasteiger partial charge in [0.05, 0.1) is 16.4 Å². The molecule has 0 radical (unpaired) electrons. The molecule has 3 rings (SSSR count). The first-order valence-corrected chi connectivity index (χ1v) is 16.5. The van der Waals surface area contributed by atoms with E-state index in [0.717, 1.165) is 0 Å². The van der Waals surface area contributed by atoms with E-state index < -0.39 is 67.0 Å². The molecule has 0 spiro atoms. The maximum atomic E-state index is 13.3. The van der Waals surface area contributed by atoms with Gasteiger partial charge < -0.3 is 24.1 Å². The van der Waals surface area contributed by atoms with Crippen molar-refractivity contribution in [2.75, 3.05) is 13.2 Å². The Hall–Kier alpha value is -1.23. The molecule has 0 aromatic heterocycles.